The molecule has 0 bridgehead atoms. The smallest absolute Gasteiger partial charge is 0.310 e. The molecule has 0 aliphatic heterocycles. The van der Waals surface area contributed by atoms with Crippen molar-refractivity contribution in [3.63, 3.8) is 0 Å². The Hall–Kier alpha value is -1.91. The molecule has 1 rings (SSSR count). The third kappa shape index (κ3) is 3.05. The molecule has 0 radical (unpaired) electrons. The number of aryl methyl sites for hydroxylation is 1. The molecular weight excluding hydrogens is 210 g/mol. The number of rotatable bonds is 4. The van der Waals surface area contributed by atoms with Crippen LogP contribution in [0.15, 0.2) is 18.2 Å². The number of ether oxygens (including phenoxy) is 1. The van der Waals surface area contributed by atoms with Crippen molar-refractivity contribution in [1.82, 2.24) is 0 Å². The summed E-state index contributed by atoms with van der Waals surface area (Å²) in [5.74, 6) is -0.448. The number of carbonyl (C=O) groups excluding carboxylic acids is 1. The summed E-state index contributed by atoms with van der Waals surface area (Å²) in [5, 5.41) is 10.7. The van der Waals surface area contributed by atoms with Crippen LogP contribution in [0.3, 0.4) is 0 Å². The quantitative estimate of drug-likeness (QED) is 0.444. The molecule has 5 nitrogen and oxygen atoms in total. The van der Waals surface area contributed by atoms with Crippen molar-refractivity contribution >= 4 is 11.7 Å². The summed E-state index contributed by atoms with van der Waals surface area (Å²) in [4.78, 5) is 21.5. The first-order chi connectivity index (χ1) is 7.54. The molecule has 0 N–H and O–H groups in total. The van der Waals surface area contributed by atoms with Gasteiger partial charge in [0.1, 0.15) is 0 Å². The molecule has 0 saturated heterocycles. The van der Waals surface area contributed by atoms with Crippen LogP contribution in [0.2, 0.25) is 0 Å². The summed E-state index contributed by atoms with van der Waals surface area (Å²) >= 11 is 0. The lowest BCUT2D eigenvalue weighted by Gasteiger charge is -2.04. The minimum Gasteiger partial charge on any atom is -0.466 e. The fourth-order valence-electron chi connectivity index (χ4n) is 1.40. The van der Waals surface area contributed by atoms with Gasteiger partial charge in [0, 0.05) is 11.6 Å². The van der Waals surface area contributed by atoms with E-state index < -0.39 is 10.9 Å². The lowest BCUT2D eigenvalue weighted by atomic mass is 10.1. The van der Waals surface area contributed by atoms with E-state index in [1.807, 2.05) is 6.92 Å². The summed E-state index contributed by atoms with van der Waals surface area (Å²) in [5.41, 5.74) is 1.23. The van der Waals surface area contributed by atoms with E-state index in [2.05, 4.69) is 0 Å². The van der Waals surface area contributed by atoms with Crippen LogP contribution in [-0.4, -0.2) is 17.5 Å². The monoisotopic (exact) mass is 223 g/mol. The molecule has 16 heavy (non-hydrogen) atoms. The van der Waals surface area contributed by atoms with Crippen LogP contribution < -0.4 is 0 Å². The van der Waals surface area contributed by atoms with Crippen molar-refractivity contribution in [2.45, 2.75) is 20.3 Å². The Morgan fingerprint density at radius 1 is 1.50 bits per heavy atom. The Balaban J connectivity index is 2.96. The van der Waals surface area contributed by atoms with Gasteiger partial charge in [0.2, 0.25) is 0 Å². The van der Waals surface area contributed by atoms with Crippen LogP contribution in [0.5, 0.6) is 0 Å². The van der Waals surface area contributed by atoms with Gasteiger partial charge in [-0.1, -0.05) is 11.6 Å². The molecule has 86 valence electrons. The van der Waals surface area contributed by atoms with Gasteiger partial charge >= 0.3 is 5.97 Å². The van der Waals surface area contributed by atoms with E-state index in [4.69, 9.17) is 4.74 Å². The molecule has 1 aromatic carbocycles. The van der Waals surface area contributed by atoms with Gasteiger partial charge in [-0.2, -0.15) is 0 Å². The third-order valence-electron chi connectivity index (χ3n) is 2.07. The van der Waals surface area contributed by atoms with Crippen molar-refractivity contribution in [2.75, 3.05) is 6.61 Å². The van der Waals surface area contributed by atoms with Crippen LogP contribution in [0.25, 0.3) is 0 Å². The highest BCUT2D eigenvalue weighted by Gasteiger charge is 2.16. The number of hydrogen-bond acceptors (Lipinski definition) is 4. The number of nitro groups is 1. The second-order valence-electron chi connectivity index (χ2n) is 3.37. The number of nitrogens with zero attached hydrogens (tertiary/aromatic N) is 1. The molecule has 0 heterocycles. The fraction of sp³-hybridized carbons (Fsp3) is 0.364. The standard InChI is InChI=1S/C11H13NO4/c1-3-16-11(13)7-9-6-8(2)4-5-10(9)12(14)15/h4-6H,3,7H2,1-2H3. The number of benzene rings is 1. The zero-order valence-corrected chi connectivity index (χ0v) is 9.23. The maximum Gasteiger partial charge on any atom is 0.310 e. The summed E-state index contributed by atoms with van der Waals surface area (Å²) in [7, 11) is 0. The second-order valence-corrected chi connectivity index (χ2v) is 3.37. The van der Waals surface area contributed by atoms with Crippen molar-refractivity contribution in [2.24, 2.45) is 0 Å². The minimum absolute atomic E-state index is 0.0429. The van der Waals surface area contributed by atoms with Gasteiger partial charge in [0.15, 0.2) is 0 Å². The molecule has 5 heteroatoms. The maximum absolute atomic E-state index is 11.3. The van der Waals surface area contributed by atoms with Crippen LogP contribution in [0.4, 0.5) is 5.69 Å². The molecular formula is C11H13NO4. The zero-order chi connectivity index (χ0) is 12.1. The van der Waals surface area contributed by atoms with E-state index in [9.17, 15) is 14.9 Å². The Morgan fingerprint density at radius 2 is 2.19 bits per heavy atom. The average Bonchev–Trinajstić information content (AvgIpc) is 2.17. The lowest BCUT2D eigenvalue weighted by molar-refractivity contribution is -0.385. The summed E-state index contributed by atoms with van der Waals surface area (Å²) in [6, 6.07) is 4.69. The van der Waals surface area contributed by atoms with E-state index >= 15 is 0 Å². The van der Waals surface area contributed by atoms with Crippen LogP contribution in [-0.2, 0) is 16.0 Å². The molecule has 0 aliphatic carbocycles. The van der Waals surface area contributed by atoms with Crippen LogP contribution in [0, 0.1) is 17.0 Å². The molecule has 1 aromatic rings. The molecule has 0 aromatic heterocycles. The van der Waals surface area contributed by atoms with Gasteiger partial charge in [0.05, 0.1) is 18.0 Å². The Labute approximate surface area is 93.2 Å². The van der Waals surface area contributed by atoms with E-state index in [0.29, 0.717) is 5.56 Å². The molecule has 0 spiro atoms. The highest BCUT2D eigenvalue weighted by atomic mass is 16.6. The first-order valence-corrected chi connectivity index (χ1v) is 4.94. The van der Waals surface area contributed by atoms with Crippen molar-refractivity contribution in [3.8, 4) is 0 Å². The first-order valence-electron chi connectivity index (χ1n) is 4.94. The molecule has 0 amide bonds. The normalized spacial score (nSPS) is 9.88. The van der Waals surface area contributed by atoms with Gasteiger partial charge in [-0.05, 0) is 19.9 Å². The summed E-state index contributed by atoms with van der Waals surface area (Å²) in [6.45, 7) is 3.79. The fourth-order valence-corrected chi connectivity index (χ4v) is 1.40. The molecule has 0 fully saturated rings. The van der Waals surface area contributed by atoms with Gasteiger partial charge < -0.3 is 4.74 Å². The Kier molecular flexibility index (Phi) is 3.99. The average molecular weight is 223 g/mol. The van der Waals surface area contributed by atoms with Crippen LogP contribution in [0.1, 0.15) is 18.1 Å². The predicted octanol–water partition coefficient (Wildman–Crippen LogP) is 2.01. The van der Waals surface area contributed by atoms with E-state index in [0.717, 1.165) is 5.56 Å². The van der Waals surface area contributed by atoms with Crippen molar-refractivity contribution in [1.29, 1.82) is 0 Å². The van der Waals surface area contributed by atoms with E-state index in [1.54, 1.807) is 19.1 Å². The molecule has 0 atom stereocenters. The van der Waals surface area contributed by atoms with Gasteiger partial charge in [-0.25, -0.2) is 0 Å². The van der Waals surface area contributed by atoms with Gasteiger partial charge in [-0.15, -0.1) is 0 Å². The molecule has 0 aliphatic rings. The first kappa shape index (κ1) is 12.2. The minimum atomic E-state index is -0.492. The second kappa shape index (κ2) is 5.25. The van der Waals surface area contributed by atoms with E-state index in [1.165, 1.54) is 6.07 Å². The SMILES string of the molecule is CCOC(=O)Cc1cc(C)ccc1[N+](=O)[O-]. The van der Waals surface area contributed by atoms with E-state index in [-0.39, 0.29) is 18.7 Å². The highest BCUT2D eigenvalue weighted by Crippen LogP contribution is 2.20. The van der Waals surface area contributed by atoms with Crippen molar-refractivity contribution < 1.29 is 14.5 Å². The lowest BCUT2D eigenvalue weighted by Crippen LogP contribution is -2.09. The maximum atomic E-state index is 11.3. The third-order valence-corrected chi connectivity index (χ3v) is 2.07. The Bertz CT molecular complexity index is 414. The number of nitro benzene ring substituents is 1. The van der Waals surface area contributed by atoms with Crippen LogP contribution >= 0.6 is 0 Å². The highest BCUT2D eigenvalue weighted by molar-refractivity contribution is 5.74. The molecule has 0 unspecified atom stereocenters. The number of carbonyl (C=O) groups is 1. The predicted molar refractivity (Wildman–Crippen MR) is 58.2 cm³/mol. The summed E-state index contributed by atoms with van der Waals surface area (Å²) in [6.07, 6.45) is -0.0637. The molecule has 0 saturated carbocycles. The van der Waals surface area contributed by atoms with Gasteiger partial charge in [-0.3, -0.25) is 14.9 Å². The summed E-state index contributed by atoms with van der Waals surface area (Å²) < 4.78 is 4.76. The number of esters is 1. The Morgan fingerprint density at radius 3 is 2.75 bits per heavy atom. The van der Waals surface area contributed by atoms with Crippen molar-refractivity contribution in [3.05, 3.63) is 39.4 Å². The zero-order valence-electron chi connectivity index (χ0n) is 9.23. The largest absolute Gasteiger partial charge is 0.466 e. The topological polar surface area (TPSA) is 69.4 Å². The number of hydrogen-bond donors (Lipinski definition) is 0. The van der Waals surface area contributed by atoms with Gasteiger partial charge in [0.25, 0.3) is 5.69 Å².